The van der Waals surface area contributed by atoms with Crippen molar-refractivity contribution < 1.29 is 14.3 Å². The van der Waals surface area contributed by atoms with Gasteiger partial charge < -0.3 is 14.8 Å². The minimum absolute atomic E-state index is 0.119. The molecule has 0 unspecified atom stereocenters. The summed E-state index contributed by atoms with van der Waals surface area (Å²) in [6.45, 7) is 1.44. The highest BCUT2D eigenvalue weighted by atomic mass is 16.5. The second-order valence-corrected chi connectivity index (χ2v) is 6.13. The van der Waals surface area contributed by atoms with Crippen LogP contribution in [0.5, 0.6) is 0 Å². The molecule has 3 aromatic rings. The SMILES string of the molecule is O=C(N[C@@H]1COCC[C@H]1OCc1ccccn1)c1ccn2cnnc2c1. The first-order chi connectivity index (χ1) is 12.8. The van der Waals surface area contributed by atoms with Crippen molar-refractivity contribution in [3.05, 3.63) is 60.3 Å². The van der Waals surface area contributed by atoms with Crippen LogP contribution in [-0.4, -0.2) is 50.8 Å². The Bertz CT molecular complexity index is 883. The summed E-state index contributed by atoms with van der Waals surface area (Å²) < 4.78 is 13.3. The number of fused-ring (bicyclic) bond motifs is 1. The number of hydrogen-bond donors (Lipinski definition) is 1. The second-order valence-electron chi connectivity index (χ2n) is 6.13. The van der Waals surface area contributed by atoms with E-state index in [9.17, 15) is 4.79 Å². The van der Waals surface area contributed by atoms with Crippen LogP contribution in [0.2, 0.25) is 0 Å². The molecule has 0 saturated carbocycles. The minimum Gasteiger partial charge on any atom is -0.379 e. The van der Waals surface area contributed by atoms with E-state index in [0.717, 1.165) is 12.1 Å². The lowest BCUT2D eigenvalue weighted by Crippen LogP contribution is -2.50. The van der Waals surface area contributed by atoms with Gasteiger partial charge in [-0.3, -0.25) is 14.2 Å². The molecular formula is C18H19N5O3. The lowest BCUT2D eigenvalue weighted by Gasteiger charge is -2.32. The van der Waals surface area contributed by atoms with Gasteiger partial charge in [-0.1, -0.05) is 6.07 Å². The van der Waals surface area contributed by atoms with Crippen LogP contribution < -0.4 is 5.32 Å². The fourth-order valence-electron chi connectivity index (χ4n) is 2.94. The van der Waals surface area contributed by atoms with Crippen molar-refractivity contribution >= 4 is 11.6 Å². The summed E-state index contributed by atoms with van der Waals surface area (Å²) in [5, 5.41) is 10.8. The molecule has 1 saturated heterocycles. The molecule has 8 heteroatoms. The van der Waals surface area contributed by atoms with Crippen molar-refractivity contribution in [1.29, 1.82) is 0 Å². The first-order valence-electron chi connectivity index (χ1n) is 8.49. The predicted octanol–water partition coefficient (Wildman–Crippen LogP) is 1.23. The van der Waals surface area contributed by atoms with Gasteiger partial charge in [0.15, 0.2) is 5.65 Å². The summed E-state index contributed by atoms with van der Waals surface area (Å²) in [6.07, 6.45) is 5.69. The molecule has 1 fully saturated rings. The number of pyridine rings is 2. The molecule has 0 bridgehead atoms. The van der Waals surface area contributed by atoms with Gasteiger partial charge in [-0.2, -0.15) is 0 Å². The summed E-state index contributed by atoms with van der Waals surface area (Å²) in [7, 11) is 0. The Hall–Kier alpha value is -2.84. The third kappa shape index (κ3) is 3.71. The van der Waals surface area contributed by atoms with Gasteiger partial charge in [-0.25, -0.2) is 0 Å². The van der Waals surface area contributed by atoms with Crippen molar-refractivity contribution in [2.24, 2.45) is 0 Å². The lowest BCUT2D eigenvalue weighted by atomic mass is 10.1. The largest absolute Gasteiger partial charge is 0.379 e. The van der Waals surface area contributed by atoms with E-state index in [2.05, 4.69) is 20.5 Å². The number of carbonyl (C=O) groups excluding carboxylic acids is 1. The Kier molecular flexibility index (Phi) is 4.85. The summed E-state index contributed by atoms with van der Waals surface area (Å²) >= 11 is 0. The van der Waals surface area contributed by atoms with Crippen molar-refractivity contribution in [2.45, 2.75) is 25.2 Å². The molecule has 0 aliphatic carbocycles. The number of rotatable bonds is 5. The average molecular weight is 353 g/mol. The van der Waals surface area contributed by atoms with Gasteiger partial charge in [0.2, 0.25) is 0 Å². The van der Waals surface area contributed by atoms with E-state index in [1.807, 2.05) is 18.2 Å². The Morgan fingerprint density at radius 2 is 2.35 bits per heavy atom. The number of amides is 1. The van der Waals surface area contributed by atoms with Gasteiger partial charge >= 0.3 is 0 Å². The molecule has 8 nitrogen and oxygen atoms in total. The Labute approximate surface area is 150 Å². The van der Waals surface area contributed by atoms with Gasteiger partial charge in [0.1, 0.15) is 6.33 Å². The third-order valence-corrected chi connectivity index (χ3v) is 4.34. The molecule has 3 aromatic heterocycles. The van der Waals surface area contributed by atoms with Gasteiger partial charge in [-0.15, -0.1) is 10.2 Å². The van der Waals surface area contributed by atoms with Gasteiger partial charge in [0, 0.05) is 24.6 Å². The molecular weight excluding hydrogens is 334 g/mol. The predicted molar refractivity (Wildman–Crippen MR) is 92.5 cm³/mol. The minimum atomic E-state index is -0.214. The number of carbonyl (C=O) groups is 1. The van der Waals surface area contributed by atoms with Crippen molar-refractivity contribution in [3.63, 3.8) is 0 Å². The Morgan fingerprint density at radius 3 is 3.23 bits per heavy atom. The first-order valence-corrected chi connectivity index (χ1v) is 8.49. The molecule has 4 rings (SSSR count). The third-order valence-electron chi connectivity index (χ3n) is 4.34. The first kappa shape index (κ1) is 16.6. The average Bonchev–Trinajstić information content (AvgIpc) is 3.16. The second kappa shape index (κ2) is 7.59. The van der Waals surface area contributed by atoms with Crippen LogP contribution in [0.3, 0.4) is 0 Å². The molecule has 1 aliphatic rings. The molecule has 1 amide bonds. The molecule has 0 radical (unpaired) electrons. The van der Waals surface area contributed by atoms with Crippen LogP contribution in [0, 0.1) is 0 Å². The van der Waals surface area contributed by atoms with E-state index in [1.54, 1.807) is 35.3 Å². The number of nitrogens with zero attached hydrogens (tertiary/aromatic N) is 4. The molecule has 2 atom stereocenters. The van der Waals surface area contributed by atoms with Crippen molar-refractivity contribution in [3.8, 4) is 0 Å². The zero-order valence-corrected chi connectivity index (χ0v) is 14.1. The van der Waals surface area contributed by atoms with Crippen LogP contribution in [0.25, 0.3) is 5.65 Å². The molecule has 0 aromatic carbocycles. The molecule has 1 N–H and O–H groups in total. The lowest BCUT2D eigenvalue weighted by molar-refractivity contribution is -0.0612. The number of hydrogen-bond acceptors (Lipinski definition) is 6. The zero-order chi connectivity index (χ0) is 17.8. The van der Waals surface area contributed by atoms with E-state index >= 15 is 0 Å². The van der Waals surface area contributed by atoms with Gasteiger partial charge in [0.05, 0.1) is 31.1 Å². The van der Waals surface area contributed by atoms with Gasteiger partial charge in [0.25, 0.3) is 5.91 Å². The highest BCUT2D eigenvalue weighted by molar-refractivity contribution is 5.95. The van der Waals surface area contributed by atoms with E-state index in [0.29, 0.717) is 31.0 Å². The zero-order valence-electron chi connectivity index (χ0n) is 14.1. The van der Waals surface area contributed by atoms with E-state index in [1.165, 1.54) is 0 Å². The quantitative estimate of drug-likeness (QED) is 0.742. The number of ether oxygens (including phenoxy) is 2. The molecule has 1 aliphatic heterocycles. The molecule has 134 valence electrons. The topological polar surface area (TPSA) is 90.6 Å². The number of nitrogens with one attached hydrogen (secondary N) is 1. The van der Waals surface area contributed by atoms with E-state index < -0.39 is 0 Å². The number of aromatic nitrogens is 4. The van der Waals surface area contributed by atoms with Crippen LogP contribution in [-0.2, 0) is 16.1 Å². The maximum Gasteiger partial charge on any atom is 0.251 e. The Balaban J connectivity index is 1.41. The highest BCUT2D eigenvalue weighted by Gasteiger charge is 2.28. The van der Waals surface area contributed by atoms with E-state index in [-0.39, 0.29) is 18.1 Å². The fraction of sp³-hybridized carbons (Fsp3) is 0.333. The Morgan fingerprint density at radius 1 is 1.38 bits per heavy atom. The van der Waals surface area contributed by atoms with Crippen molar-refractivity contribution in [2.75, 3.05) is 13.2 Å². The summed E-state index contributed by atoms with van der Waals surface area (Å²) in [5.74, 6) is -0.183. The summed E-state index contributed by atoms with van der Waals surface area (Å²) in [5.41, 5.74) is 2.02. The van der Waals surface area contributed by atoms with Crippen LogP contribution in [0.15, 0.2) is 49.1 Å². The standard InChI is InChI=1S/C18H19N5O3/c24-18(13-4-7-23-12-20-22-17(23)9-13)21-15-11-25-8-5-16(15)26-10-14-3-1-2-6-19-14/h1-4,6-7,9,12,15-16H,5,8,10-11H2,(H,21,24)/t15-,16-/m1/s1. The highest BCUT2D eigenvalue weighted by Crippen LogP contribution is 2.15. The molecule has 0 spiro atoms. The molecule has 4 heterocycles. The van der Waals surface area contributed by atoms with Crippen LogP contribution >= 0.6 is 0 Å². The maximum absolute atomic E-state index is 12.6. The van der Waals surface area contributed by atoms with Crippen LogP contribution in [0.4, 0.5) is 0 Å². The molecule has 26 heavy (non-hydrogen) atoms. The van der Waals surface area contributed by atoms with E-state index in [4.69, 9.17) is 9.47 Å². The van der Waals surface area contributed by atoms with Crippen LogP contribution in [0.1, 0.15) is 22.5 Å². The monoisotopic (exact) mass is 353 g/mol. The summed E-state index contributed by atoms with van der Waals surface area (Å²) in [4.78, 5) is 16.9. The maximum atomic E-state index is 12.6. The fourth-order valence-corrected chi connectivity index (χ4v) is 2.94. The normalized spacial score (nSPS) is 20.2. The summed E-state index contributed by atoms with van der Waals surface area (Å²) in [6, 6.07) is 8.94. The van der Waals surface area contributed by atoms with Crippen molar-refractivity contribution in [1.82, 2.24) is 24.9 Å². The smallest absolute Gasteiger partial charge is 0.251 e. The van der Waals surface area contributed by atoms with Gasteiger partial charge in [-0.05, 0) is 30.7 Å².